The average Bonchev–Trinajstić information content (AvgIpc) is 2.34. The summed E-state index contributed by atoms with van der Waals surface area (Å²) in [5.41, 5.74) is 1.19. The van der Waals surface area contributed by atoms with Gasteiger partial charge in [-0.15, -0.1) is 0 Å². The monoisotopic (exact) mass is 224 g/mol. The molecule has 0 aliphatic carbocycles. The van der Waals surface area contributed by atoms with Crippen LogP contribution >= 0.6 is 0 Å². The summed E-state index contributed by atoms with van der Waals surface area (Å²) in [6.45, 7) is 1.63. The van der Waals surface area contributed by atoms with Crippen molar-refractivity contribution in [3.05, 3.63) is 54.1 Å². The Balaban J connectivity index is 2.11. The van der Waals surface area contributed by atoms with Crippen molar-refractivity contribution >= 4 is 22.6 Å². The van der Waals surface area contributed by atoms with Gasteiger partial charge in [-0.25, -0.2) is 0 Å². The van der Waals surface area contributed by atoms with Gasteiger partial charge in [0, 0.05) is 6.42 Å². The first-order valence-electron chi connectivity index (χ1n) is 5.90. The number of rotatable bonds is 4. The lowest BCUT2D eigenvalue weighted by atomic mass is 10.1. The highest BCUT2D eigenvalue weighted by atomic mass is 16.1. The van der Waals surface area contributed by atoms with Gasteiger partial charge in [-0.3, -0.25) is 0 Å². The van der Waals surface area contributed by atoms with Crippen molar-refractivity contribution in [3.63, 3.8) is 0 Å². The second-order valence-corrected chi connectivity index (χ2v) is 4.25. The van der Waals surface area contributed by atoms with Crippen LogP contribution in [0.5, 0.6) is 0 Å². The lowest BCUT2D eigenvalue weighted by Gasteiger charge is -1.99. The van der Waals surface area contributed by atoms with Crippen LogP contribution in [0.2, 0.25) is 0 Å². The molecule has 1 nitrogen and oxygen atoms in total. The van der Waals surface area contributed by atoms with Gasteiger partial charge in [-0.1, -0.05) is 48.6 Å². The first kappa shape index (κ1) is 11.6. The summed E-state index contributed by atoms with van der Waals surface area (Å²) in [5, 5.41) is 2.51. The Kier molecular flexibility index (Phi) is 3.71. The number of carbonyl (C=O) groups is 1. The minimum Gasteiger partial charge on any atom is -0.300 e. The van der Waals surface area contributed by atoms with Crippen LogP contribution in [0.15, 0.2) is 48.5 Å². The average molecular weight is 224 g/mol. The lowest BCUT2D eigenvalue weighted by Crippen LogP contribution is -1.86. The summed E-state index contributed by atoms with van der Waals surface area (Å²) in [7, 11) is 0. The third-order valence-corrected chi connectivity index (χ3v) is 2.75. The number of Topliss-reactive ketones (excluding diaryl/α,β-unsaturated/α-hetero) is 1. The molecule has 0 aromatic heterocycles. The molecule has 0 saturated heterocycles. The van der Waals surface area contributed by atoms with Gasteiger partial charge in [0.05, 0.1) is 0 Å². The van der Waals surface area contributed by atoms with E-state index in [4.69, 9.17) is 0 Å². The molecule has 0 saturated carbocycles. The molecule has 0 heterocycles. The molecule has 0 radical (unpaired) electrons. The molecule has 0 bridgehead atoms. The fourth-order valence-electron chi connectivity index (χ4n) is 1.82. The summed E-state index contributed by atoms with van der Waals surface area (Å²) in [6, 6.07) is 14.7. The highest BCUT2D eigenvalue weighted by Crippen LogP contribution is 2.16. The normalized spacial score (nSPS) is 11.1. The third kappa shape index (κ3) is 3.28. The van der Waals surface area contributed by atoms with Crippen molar-refractivity contribution in [3.8, 4) is 0 Å². The van der Waals surface area contributed by atoms with E-state index in [1.165, 1.54) is 16.3 Å². The van der Waals surface area contributed by atoms with Crippen LogP contribution in [0.3, 0.4) is 0 Å². The van der Waals surface area contributed by atoms with Gasteiger partial charge in [0.2, 0.25) is 0 Å². The number of fused-ring (bicyclic) bond motifs is 1. The summed E-state index contributed by atoms with van der Waals surface area (Å²) in [4.78, 5) is 10.8. The van der Waals surface area contributed by atoms with E-state index in [0.29, 0.717) is 6.42 Å². The van der Waals surface area contributed by atoms with Gasteiger partial charge in [0.25, 0.3) is 0 Å². The number of ketones is 1. The molecule has 0 spiro atoms. The van der Waals surface area contributed by atoms with Gasteiger partial charge in [0.1, 0.15) is 5.78 Å². The Morgan fingerprint density at radius 1 is 1.12 bits per heavy atom. The molecule has 0 aliphatic rings. The Morgan fingerprint density at radius 2 is 1.88 bits per heavy atom. The van der Waals surface area contributed by atoms with Crippen molar-refractivity contribution in [1.29, 1.82) is 0 Å². The highest BCUT2D eigenvalue weighted by Gasteiger charge is 1.93. The molecule has 86 valence electrons. The summed E-state index contributed by atoms with van der Waals surface area (Å²) in [6.07, 6.45) is 5.59. The highest BCUT2D eigenvalue weighted by molar-refractivity contribution is 5.84. The Labute approximate surface area is 102 Å². The number of hydrogen-bond acceptors (Lipinski definition) is 1. The van der Waals surface area contributed by atoms with Crippen molar-refractivity contribution in [2.45, 2.75) is 19.8 Å². The molecule has 1 heteroatoms. The van der Waals surface area contributed by atoms with Crippen LogP contribution in [0.1, 0.15) is 25.3 Å². The van der Waals surface area contributed by atoms with E-state index in [1.54, 1.807) is 6.92 Å². The van der Waals surface area contributed by atoms with Crippen LogP contribution in [0, 0.1) is 0 Å². The summed E-state index contributed by atoms with van der Waals surface area (Å²) < 4.78 is 0. The zero-order valence-electron chi connectivity index (χ0n) is 10.0. The number of benzene rings is 2. The standard InChI is InChI=1S/C16H16O/c1-13(17)6-2-3-7-14-10-11-15-8-4-5-9-16(15)12-14/h3-5,7-12H,2,6H2,1H3/b7-3+. The SMILES string of the molecule is CC(=O)CC/C=C/c1ccc2ccccc2c1. The van der Waals surface area contributed by atoms with E-state index in [2.05, 4.69) is 42.5 Å². The van der Waals surface area contributed by atoms with Gasteiger partial charge >= 0.3 is 0 Å². The smallest absolute Gasteiger partial charge is 0.130 e. The maximum atomic E-state index is 10.8. The molecule has 0 N–H and O–H groups in total. The summed E-state index contributed by atoms with van der Waals surface area (Å²) in [5.74, 6) is 0.244. The first-order chi connectivity index (χ1) is 8.25. The molecule has 0 amide bonds. The molecule has 0 aliphatic heterocycles. The molecule has 0 fully saturated rings. The van der Waals surface area contributed by atoms with E-state index >= 15 is 0 Å². The molecule has 0 unspecified atom stereocenters. The maximum Gasteiger partial charge on any atom is 0.130 e. The van der Waals surface area contributed by atoms with Crippen LogP contribution in [0.25, 0.3) is 16.8 Å². The van der Waals surface area contributed by atoms with Gasteiger partial charge in [-0.2, -0.15) is 0 Å². The minimum atomic E-state index is 0.244. The first-order valence-corrected chi connectivity index (χ1v) is 5.90. The van der Waals surface area contributed by atoms with Gasteiger partial charge in [-0.05, 0) is 35.7 Å². The zero-order chi connectivity index (χ0) is 12.1. The summed E-state index contributed by atoms with van der Waals surface area (Å²) >= 11 is 0. The predicted octanol–water partition coefficient (Wildman–Crippen LogP) is 4.22. The van der Waals surface area contributed by atoms with Crippen LogP contribution in [-0.4, -0.2) is 5.78 Å². The van der Waals surface area contributed by atoms with Crippen LogP contribution in [-0.2, 0) is 4.79 Å². The van der Waals surface area contributed by atoms with Crippen molar-refractivity contribution in [2.24, 2.45) is 0 Å². The third-order valence-electron chi connectivity index (χ3n) is 2.75. The van der Waals surface area contributed by atoms with E-state index in [1.807, 2.05) is 12.1 Å². The Morgan fingerprint density at radius 3 is 2.65 bits per heavy atom. The van der Waals surface area contributed by atoms with Crippen molar-refractivity contribution < 1.29 is 4.79 Å². The van der Waals surface area contributed by atoms with E-state index in [-0.39, 0.29) is 5.78 Å². The largest absolute Gasteiger partial charge is 0.300 e. The lowest BCUT2D eigenvalue weighted by molar-refractivity contribution is -0.116. The molecule has 17 heavy (non-hydrogen) atoms. The molecular weight excluding hydrogens is 208 g/mol. The fraction of sp³-hybridized carbons (Fsp3) is 0.188. The molecular formula is C16H16O. The van der Waals surface area contributed by atoms with Gasteiger partial charge in [0.15, 0.2) is 0 Å². The van der Waals surface area contributed by atoms with Crippen molar-refractivity contribution in [1.82, 2.24) is 0 Å². The maximum absolute atomic E-state index is 10.8. The topological polar surface area (TPSA) is 17.1 Å². The quantitative estimate of drug-likeness (QED) is 0.759. The molecule has 2 aromatic carbocycles. The van der Waals surface area contributed by atoms with E-state index in [0.717, 1.165) is 6.42 Å². The second-order valence-electron chi connectivity index (χ2n) is 4.25. The molecule has 2 rings (SSSR count). The Bertz CT molecular complexity index is 552. The Hall–Kier alpha value is -1.89. The predicted molar refractivity (Wildman–Crippen MR) is 72.9 cm³/mol. The zero-order valence-corrected chi connectivity index (χ0v) is 10.0. The van der Waals surface area contributed by atoms with E-state index in [9.17, 15) is 4.79 Å². The van der Waals surface area contributed by atoms with Crippen LogP contribution in [0.4, 0.5) is 0 Å². The van der Waals surface area contributed by atoms with Crippen molar-refractivity contribution in [2.75, 3.05) is 0 Å². The molecule has 2 aromatic rings. The number of carbonyl (C=O) groups excluding carboxylic acids is 1. The second kappa shape index (κ2) is 5.44. The fourth-order valence-corrected chi connectivity index (χ4v) is 1.82. The number of allylic oxidation sites excluding steroid dienone is 1. The van der Waals surface area contributed by atoms with E-state index < -0.39 is 0 Å². The minimum absolute atomic E-state index is 0.244. The number of hydrogen-bond donors (Lipinski definition) is 0. The van der Waals surface area contributed by atoms with Gasteiger partial charge < -0.3 is 4.79 Å². The molecule has 0 atom stereocenters. The van der Waals surface area contributed by atoms with Crippen LogP contribution < -0.4 is 0 Å².